The Labute approximate surface area is 179 Å². The van der Waals surface area contributed by atoms with Gasteiger partial charge in [0.2, 0.25) is 0 Å². The molecule has 2 aromatic carbocycles. The lowest BCUT2D eigenvalue weighted by Crippen LogP contribution is -2.13. The summed E-state index contributed by atoms with van der Waals surface area (Å²) in [5.41, 5.74) is 4.96. The first kappa shape index (κ1) is 20.3. The van der Waals surface area contributed by atoms with E-state index in [1.54, 1.807) is 18.2 Å². The highest BCUT2D eigenvalue weighted by Gasteiger charge is 2.21. The number of fused-ring (bicyclic) bond motifs is 1. The third-order valence-electron chi connectivity index (χ3n) is 5.17. The first-order valence-corrected chi connectivity index (χ1v) is 10.0. The van der Waals surface area contributed by atoms with E-state index in [0.717, 1.165) is 34.6 Å². The summed E-state index contributed by atoms with van der Waals surface area (Å²) in [5.74, 6) is -1.37. The van der Waals surface area contributed by atoms with Gasteiger partial charge in [0.1, 0.15) is 5.65 Å². The number of esters is 1. The monoisotopic (exact) mass is 414 g/mol. The lowest BCUT2D eigenvalue weighted by atomic mass is 9.97. The van der Waals surface area contributed by atoms with Gasteiger partial charge in [-0.25, -0.2) is 9.78 Å². The summed E-state index contributed by atoms with van der Waals surface area (Å²) in [6.07, 6.45) is 2.14. The molecule has 31 heavy (non-hydrogen) atoms. The molecule has 1 unspecified atom stereocenters. The minimum Gasteiger partial charge on any atom is -0.478 e. The molecule has 0 aliphatic rings. The highest BCUT2D eigenvalue weighted by Crippen LogP contribution is 2.30. The summed E-state index contributed by atoms with van der Waals surface area (Å²) in [6.45, 7) is 3.43. The molecule has 0 spiro atoms. The molecule has 6 heteroatoms. The zero-order valence-corrected chi connectivity index (χ0v) is 17.3. The van der Waals surface area contributed by atoms with Crippen LogP contribution < -0.4 is 0 Å². The van der Waals surface area contributed by atoms with Gasteiger partial charge in [0, 0.05) is 13.1 Å². The van der Waals surface area contributed by atoms with Gasteiger partial charge in [0.25, 0.3) is 0 Å². The molecule has 1 N–H and O–H groups in total. The van der Waals surface area contributed by atoms with E-state index in [-0.39, 0.29) is 5.56 Å². The Bertz CT molecular complexity index is 1260. The maximum absolute atomic E-state index is 11.9. The number of benzene rings is 2. The van der Waals surface area contributed by atoms with Crippen molar-refractivity contribution in [2.75, 3.05) is 0 Å². The molecule has 0 saturated carbocycles. The molecule has 2 heterocycles. The zero-order chi connectivity index (χ0) is 22.0. The first-order valence-electron chi connectivity index (χ1n) is 10.0. The Kier molecular flexibility index (Phi) is 5.54. The first-order chi connectivity index (χ1) is 15.0. The number of carboxylic acid groups (broad SMARTS) is 1. The molecule has 1 atom stereocenters. The minimum absolute atomic E-state index is 0.238. The summed E-state index contributed by atoms with van der Waals surface area (Å²) in [5, 5.41) is 9.47. The Hall–Kier alpha value is -3.93. The van der Waals surface area contributed by atoms with Gasteiger partial charge in [-0.2, -0.15) is 0 Å². The van der Waals surface area contributed by atoms with E-state index in [4.69, 9.17) is 4.74 Å². The van der Waals surface area contributed by atoms with Gasteiger partial charge in [0.05, 0.1) is 17.0 Å². The number of carboxylic acids is 1. The van der Waals surface area contributed by atoms with Gasteiger partial charge in [-0.3, -0.25) is 9.20 Å². The van der Waals surface area contributed by atoms with Crippen molar-refractivity contribution in [3.05, 3.63) is 95.4 Å². The summed E-state index contributed by atoms with van der Waals surface area (Å²) < 4.78 is 7.64. The van der Waals surface area contributed by atoms with Crippen molar-refractivity contribution in [3.63, 3.8) is 0 Å². The highest BCUT2D eigenvalue weighted by molar-refractivity contribution is 5.96. The molecular formula is C25H22N2O4. The number of aromatic carboxylic acids is 1. The fraction of sp³-hybridized carbons (Fsp3) is 0.160. The third kappa shape index (κ3) is 4.05. The fourth-order valence-electron chi connectivity index (χ4n) is 3.69. The van der Waals surface area contributed by atoms with Crippen LogP contribution in [0.2, 0.25) is 0 Å². The predicted molar refractivity (Wildman–Crippen MR) is 117 cm³/mol. The van der Waals surface area contributed by atoms with E-state index in [2.05, 4.69) is 4.98 Å². The number of nitrogens with zero attached hydrogens (tertiary/aromatic N) is 2. The summed E-state index contributed by atoms with van der Waals surface area (Å²) in [6, 6.07) is 20.0. The quantitative estimate of drug-likeness (QED) is 0.453. The van der Waals surface area contributed by atoms with Crippen LogP contribution in [0.25, 0.3) is 16.8 Å². The van der Waals surface area contributed by atoms with Crippen molar-refractivity contribution in [1.29, 1.82) is 0 Å². The number of rotatable bonds is 6. The molecule has 0 aliphatic carbocycles. The SMILES string of the molecule is CCc1cn2c(C(OC(C)=O)c3ccc(-c4ccccc4C(=O)O)cc3)cccc2n1. The fourth-order valence-corrected chi connectivity index (χ4v) is 3.69. The maximum Gasteiger partial charge on any atom is 0.336 e. The summed E-state index contributed by atoms with van der Waals surface area (Å²) in [4.78, 5) is 28.0. The zero-order valence-electron chi connectivity index (χ0n) is 17.3. The van der Waals surface area contributed by atoms with Crippen LogP contribution in [0, 0.1) is 0 Å². The second-order valence-corrected chi connectivity index (χ2v) is 7.23. The maximum atomic E-state index is 11.9. The molecule has 4 rings (SSSR count). The van der Waals surface area contributed by atoms with E-state index < -0.39 is 18.0 Å². The van der Waals surface area contributed by atoms with Gasteiger partial charge < -0.3 is 9.84 Å². The summed E-state index contributed by atoms with van der Waals surface area (Å²) >= 11 is 0. The third-order valence-corrected chi connectivity index (χ3v) is 5.17. The molecule has 0 amide bonds. The van der Waals surface area contributed by atoms with Gasteiger partial charge in [0.15, 0.2) is 6.10 Å². The van der Waals surface area contributed by atoms with Crippen LogP contribution in [-0.4, -0.2) is 26.4 Å². The highest BCUT2D eigenvalue weighted by atomic mass is 16.5. The van der Waals surface area contributed by atoms with Crippen molar-refractivity contribution in [2.24, 2.45) is 0 Å². The molecule has 156 valence electrons. The molecule has 0 saturated heterocycles. The number of carbonyl (C=O) groups excluding carboxylic acids is 1. The van der Waals surface area contributed by atoms with Crippen LogP contribution in [0.4, 0.5) is 0 Å². The van der Waals surface area contributed by atoms with Gasteiger partial charge >= 0.3 is 11.9 Å². The average molecular weight is 414 g/mol. The van der Waals surface area contributed by atoms with E-state index in [1.807, 2.05) is 66.1 Å². The molecule has 0 fully saturated rings. The number of pyridine rings is 1. The number of hydrogen-bond acceptors (Lipinski definition) is 4. The van der Waals surface area contributed by atoms with Gasteiger partial charge in [-0.1, -0.05) is 55.5 Å². The Balaban J connectivity index is 1.78. The second-order valence-electron chi connectivity index (χ2n) is 7.23. The number of aromatic nitrogens is 2. The standard InChI is InChI=1S/C25H22N2O4/c1-3-19-15-27-22(9-6-10-23(27)26-19)24(31-16(2)28)18-13-11-17(12-14-18)20-7-4-5-8-21(20)25(29)30/h4-15,24H,3H2,1-2H3,(H,29,30). The predicted octanol–water partition coefficient (Wildman–Crippen LogP) is 4.91. The van der Waals surface area contributed by atoms with E-state index >= 15 is 0 Å². The largest absolute Gasteiger partial charge is 0.478 e. The number of imidazole rings is 1. The Morgan fingerprint density at radius 3 is 2.45 bits per heavy atom. The van der Waals surface area contributed by atoms with Gasteiger partial charge in [-0.05, 0) is 41.3 Å². The van der Waals surface area contributed by atoms with E-state index in [0.29, 0.717) is 5.56 Å². The number of carbonyl (C=O) groups is 2. The molecule has 0 aliphatic heterocycles. The smallest absolute Gasteiger partial charge is 0.336 e. The van der Waals surface area contributed by atoms with Crippen LogP contribution >= 0.6 is 0 Å². The minimum atomic E-state index is -0.976. The molecular weight excluding hydrogens is 392 g/mol. The normalized spacial score (nSPS) is 11.9. The van der Waals surface area contributed by atoms with Crippen molar-refractivity contribution in [3.8, 4) is 11.1 Å². The molecule has 0 radical (unpaired) electrons. The Morgan fingerprint density at radius 1 is 1.03 bits per heavy atom. The van der Waals surface area contributed by atoms with Crippen molar-refractivity contribution >= 4 is 17.6 Å². The van der Waals surface area contributed by atoms with Crippen LogP contribution in [0.5, 0.6) is 0 Å². The Morgan fingerprint density at radius 2 is 1.77 bits per heavy atom. The average Bonchev–Trinajstić information content (AvgIpc) is 3.21. The molecule has 2 aromatic heterocycles. The lowest BCUT2D eigenvalue weighted by molar-refractivity contribution is -0.145. The number of aryl methyl sites for hydroxylation is 1. The van der Waals surface area contributed by atoms with Crippen LogP contribution in [0.3, 0.4) is 0 Å². The van der Waals surface area contributed by atoms with Crippen LogP contribution in [0.1, 0.15) is 47.3 Å². The van der Waals surface area contributed by atoms with E-state index in [9.17, 15) is 14.7 Å². The molecule has 0 bridgehead atoms. The van der Waals surface area contributed by atoms with Crippen LogP contribution in [0.15, 0.2) is 72.9 Å². The van der Waals surface area contributed by atoms with Crippen molar-refractivity contribution in [1.82, 2.24) is 9.38 Å². The lowest BCUT2D eigenvalue weighted by Gasteiger charge is -2.20. The van der Waals surface area contributed by atoms with Crippen LogP contribution in [-0.2, 0) is 16.0 Å². The van der Waals surface area contributed by atoms with E-state index in [1.165, 1.54) is 6.92 Å². The number of ether oxygens (including phenoxy) is 1. The topological polar surface area (TPSA) is 80.9 Å². The summed E-state index contributed by atoms with van der Waals surface area (Å²) in [7, 11) is 0. The molecule has 6 nitrogen and oxygen atoms in total. The van der Waals surface area contributed by atoms with Crippen molar-refractivity contribution in [2.45, 2.75) is 26.4 Å². The second kappa shape index (κ2) is 8.44. The van der Waals surface area contributed by atoms with Gasteiger partial charge in [-0.15, -0.1) is 0 Å². The molecule has 4 aromatic rings. The van der Waals surface area contributed by atoms with Crippen molar-refractivity contribution < 1.29 is 19.4 Å². The number of hydrogen-bond donors (Lipinski definition) is 1.